The van der Waals surface area contributed by atoms with Crippen molar-refractivity contribution in [2.24, 2.45) is 0 Å². The number of hydrogen-bond acceptors (Lipinski definition) is 4. The molecule has 7 nitrogen and oxygen atoms in total. The molecule has 0 saturated heterocycles. The van der Waals surface area contributed by atoms with E-state index < -0.39 is 34.1 Å². The fourth-order valence-corrected chi connectivity index (χ4v) is 5.46. The van der Waals surface area contributed by atoms with E-state index in [0.717, 1.165) is 26.2 Å². The Balaban J connectivity index is 2.08. The predicted molar refractivity (Wildman–Crippen MR) is 160 cm³/mol. The third-order valence-corrected chi connectivity index (χ3v) is 7.81. The Morgan fingerprint density at radius 1 is 0.923 bits per heavy atom. The van der Waals surface area contributed by atoms with Gasteiger partial charge >= 0.3 is 0 Å². The minimum Gasteiger partial charge on any atom is -0.350 e. The van der Waals surface area contributed by atoms with Crippen LogP contribution in [0.15, 0.2) is 83.3 Å². The summed E-state index contributed by atoms with van der Waals surface area (Å²) in [6.45, 7) is 5.19. The van der Waals surface area contributed by atoms with Crippen LogP contribution in [0.5, 0.6) is 0 Å². The van der Waals surface area contributed by atoms with Gasteiger partial charge in [-0.2, -0.15) is 0 Å². The van der Waals surface area contributed by atoms with E-state index >= 15 is 0 Å². The van der Waals surface area contributed by atoms with E-state index in [0.29, 0.717) is 0 Å². The molecule has 3 aromatic carbocycles. The molecule has 0 spiro atoms. The van der Waals surface area contributed by atoms with Gasteiger partial charge in [0.1, 0.15) is 12.6 Å². The number of halogens is 2. The molecule has 0 aromatic heterocycles. The maximum absolute atomic E-state index is 14.0. The zero-order valence-electron chi connectivity index (χ0n) is 22.4. The van der Waals surface area contributed by atoms with Crippen molar-refractivity contribution in [2.45, 2.75) is 45.3 Å². The highest BCUT2D eigenvalue weighted by Crippen LogP contribution is 2.28. The lowest BCUT2D eigenvalue weighted by molar-refractivity contribution is -0.140. The van der Waals surface area contributed by atoms with Gasteiger partial charge in [0.25, 0.3) is 0 Å². The van der Waals surface area contributed by atoms with Gasteiger partial charge in [0.05, 0.1) is 17.0 Å². The van der Waals surface area contributed by atoms with Gasteiger partial charge in [-0.3, -0.25) is 13.9 Å². The van der Waals surface area contributed by atoms with E-state index in [2.05, 4.69) is 21.2 Å². The summed E-state index contributed by atoms with van der Waals surface area (Å²) < 4.78 is 27.5. The van der Waals surface area contributed by atoms with Gasteiger partial charge < -0.3 is 10.2 Å². The zero-order chi connectivity index (χ0) is 28.8. The molecular weight excluding hydrogens is 602 g/mol. The molecule has 1 atom stereocenters. The summed E-state index contributed by atoms with van der Waals surface area (Å²) >= 11 is 9.75. The molecule has 0 heterocycles. The van der Waals surface area contributed by atoms with Crippen LogP contribution in [0.2, 0.25) is 5.02 Å². The first-order valence-corrected chi connectivity index (χ1v) is 15.4. The topological polar surface area (TPSA) is 86.8 Å². The molecule has 0 bridgehead atoms. The molecule has 0 fully saturated rings. The molecule has 208 valence electrons. The number of amides is 2. The van der Waals surface area contributed by atoms with E-state index in [-0.39, 0.29) is 29.6 Å². The molecule has 39 heavy (non-hydrogen) atoms. The number of hydrogen-bond donors (Lipinski definition) is 1. The normalized spacial score (nSPS) is 12.5. The molecule has 0 radical (unpaired) electrons. The van der Waals surface area contributed by atoms with Crippen molar-refractivity contribution in [3.8, 4) is 0 Å². The van der Waals surface area contributed by atoms with E-state index in [4.69, 9.17) is 11.6 Å². The van der Waals surface area contributed by atoms with Crippen molar-refractivity contribution in [2.75, 3.05) is 17.1 Å². The van der Waals surface area contributed by atoms with Crippen LogP contribution < -0.4 is 9.62 Å². The zero-order valence-corrected chi connectivity index (χ0v) is 25.6. The summed E-state index contributed by atoms with van der Waals surface area (Å²) in [5, 5.41) is 3.20. The number of rotatable bonds is 10. The van der Waals surface area contributed by atoms with Crippen molar-refractivity contribution >= 4 is 55.1 Å². The highest BCUT2D eigenvalue weighted by atomic mass is 79.9. The van der Waals surface area contributed by atoms with Crippen LogP contribution in [0.25, 0.3) is 0 Å². The predicted octanol–water partition coefficient (Wildman–Crippen LogP) is 5.42. The van der Waals surface area contributed by atoms with Crippen LogP contribution in [0.3, 0.4) is 0 Å². The minimum atomic E-state index is -3.89. The van der Waals surface area contributed by atoms with Crippen molar-refractivity contribution in [1.29, 1.82) is 0 Å². The largest absolute Gasteiger partial charge is 0.350 e. The first-order valence-electron chi connectivity index (χ1n) is 12.4. The van der Waals surface area contributed by atoms with Gasteiger partial charge in [0, 0.05) is 23.0 Å². The molecule has 2 amide bonds. The van der Waals surface area contributed by atoms with Crippen LogP contribution >= 0.6 is 27.5 Å². The standard InChI is InChI=1S/C29H33BrClN3O4S/c1-29(2,3)32-28(36)26(18-21-10-6-5-7-11-21)33(19-22-14-16-23(30)17-15-22)27(35)20-34(39(4,37)38)25-13-9-8-12-24(25)31/h5-17,26H,18-20H2,1-4H3,(H,32,36)/t26-/m1/s1. The number of nitrogens with zero attached hydrogens (tertiary/aromatic N) is 2. The molecule has 0 aliphatic rings. The van der Waals surface area contributed by atoms with Gasteiger partial charge in [0.2, 0.25) is 21.8 Å². The number of carbonyl (C=O) groups is 2. The highest BCUT2D eigenvalue weighted by Gasteiger charge is 2.34. The van der Waals surface area contributed by atoms with Crippen LogP contribution in [-0.4, -0.2) is 49.5 Å². The number of anilines is 1. The molecule has 1 N–H and O–H groups in total. The second-order valence-corrected chi connectivity index (χ2v) is 13.5. The summed E-state index contributed by atoms with van der Waals surface area (Å²) in [4.78, 5) is 29.2. The first kappa shape index (κ1) is 30.7. The van der Waals surface area contributed by atoms with Crippen molar-refractivity contribution in [1.82, 2.24) is 10.2 Å². The van der Waals surface area contributed by atoms with Gasteiger partial charge in [-0.05, 0) is 56.2 Å². The number of nitrogens with one attached hydrogen (secondary N) is 1. The first-order chi connectivity index (χ1) is 18.2. The molecule has 0 unspecified atom stereocenters. The van der Waals surface area contributed by atoms with Crippen molar-refractivity contribution in [3.05, 3.63) is 99.5 Å². The van der Waals surface area contributed by atoms with Crippen LogP contribution in [0.1, 0.15) is 31.9 Å². The third kappa shape index (κ3) is 9.08. The Kier molecular flexibility index (Phi) is 10.2. The number of carbonyl (C=O) groups excluding carboxylic acids is 2. The van der Waals surface area contributed by atoms with Crippen molar-refractivity contribution < 1.29 is 18.0 Å². The molecule has 10 heteroatoms. The summed E-state index contributed by atoms with van der Waals surface area (Å²) in [6, 6.07) is 22.4. The fourth-order valence-electron chi connectivity index (χ4n) is 4.04. The molecule has 0 aliphatic carbocycles. The Morgan fingerprint density at radius 2 is 1.51 bits per heavy atom. The number of sulfonamides is 1. The SMILES string of the molecule is CC(C)(C)NC(=O)[C@@H](Cc1ccccc1)N(Cc1ccc(Br)cc1)C(=O)CN(c1ccccc1Cl)S(C)(=O)=O. The van der Waals surface area contributed by atoms with Crippen molar-refractivity contribution in [3.63, 3.8) is 0 Å². The maximum Gasteiger partial charge on any atom is 0.244 e. The quantitative estimate of drug-likeness (QED) is 0.323. The van der Waals surface area contributed by atoms with Gasteiger partial charge in [-0.25, -0.2) is 8.42 Å². The number of para-hydroxylation sites is 1. The van der Waals surface area contributed by atoms with E-state index in [1.54, 1.807) is 24.3 Å². The van der Waals surface area contributed by atoms with Crippen LogP contribution in [0.4, 0.5) is 5.69 Å². The summed E-state index contributed by atoms with van der Waals surface area (Å²) in [5.41, 5.74) is 1.30. The third-order valence-electron chi connectivity index (χ3n) is 5.84. The molecule has 0 aliphatic heterocycles. The maximum atomic E-state index is 14.0. The lowest BCUT2D eigenvalue weighted by Crippen LogP contribution is -2.56. The molecule has 3 aromatic rings. The number of benzene rings is 3. The lowest BCUT2D eigenvalue weighted by atomic mass is 10.0. The second kappa shape index (κ2) is 13.0. The lowest BCUT2D eigenvalue weighted by Gasteiger charge is -2.35. The van der Waals surface area contributed by atoms with Gasteiger partial charge in [-0.1, -0.05) is 82.1 Å². The Hall–Kier alpha value is -2.88. The van der Waals surface area contributed by atoms with Gasteiger partial charge in [0.15, 0.2) is 0 Å². The molecule has 0 saturated carbocycles. The van der Waals surface area contributed by atoms with E-state index in [9.17, 15) is 18.0 Å². The van der Waals surface area contributed by atoms with E-state index in [1.807, 2.05) is 75.4 Å². The fraction of sp³-hybridized carbons (Fsp3) is 0.310. The Morgan fingerprint density at radius 3 is 2.08 bits per heavy atom. The second-order valence-electron chi connectivity index (χ2n) is 10.3. The summed E-state index contributed by atoms with van der Waals surface area (Å²) in [5.74, 6) is -0.867. The Labute approximate surface area is 244 Å². The van der Waals surface area contributed by atoms with Gasteiger partial charge in [-0.15, -0.1) is 0 Å². The monoisotopic (exact) mass is 633 g/mol. The van der Waals surface area contributed by atoms with E-state index in [1.165, 1.54) is 4.90 Å². The molecular formula is C29H33BrClN3O4S. The average molecular weight is 635 g/mol. The van der Waals surface area contributed by atoms with Crippen LogP contribution in [0, 0.1) is 0 Å². The molecule has 3 rings (SSSR count). The Bertz CT molecular complexity index is 1390. The summed E-state index contributed by atoms with van der Waals surface area (Å²) in [7, 11) is -3.89. The average Bonchev–Trinajstić information content (AvgIpc) is 2.85. The smallest absolute Gasteiger partial charge is 0.244 e. The summed E-state index contributed by atoms with van der Waals surface area (Å²) in [6.07, 6.45) is 1.27. The highest BCUT2D eigenvalue weighted by molar-refractivity contribution is 9.10. The minimum absolute atomic E-state index is 0.0985. The van der Waals surface area contributed by atoms with Crippen LogP contribution in [-0.2, 0) is 32.6 Å².